The van der Waals surface area contributed by atoms with Crippen molar-refractivity contribution in [1.29, 1.82) is 0 Å². The predicted molar refractivity (Wildman–Crippen MR) is 111 cm³/mol. The summed E-state index contributed by atoms with van der Waals surface area (Å²) in [6.45, 7) is 5.03. The molecule has 0 bridgehead atoms. The number of nitrogens with zero attached hydrogens (tertiary/aromatic N) is 3. The second-order valence-electron chi connectivity index (χ2n) is 8.30. The zero-order valence-corrected chi connectivity index (χ0v) is 16.6. The Morgan fingerprint density at radius 1 is 1.21 bits per heavy atom. The Kier molecular flexibility index (Phi) is 4.72. The third-order valence-corrected chi connectivity index (χ3v) is 6.42. The first-order valence-corrected chi connectivity index (χ1v) is 10.8. The van der Waals surface area contributed by atoms with Crippen molar-refractivity contribution in [3.05, 3.63) is 24.0 Å². The highest BCUT2D eigenvalue weighted by Gasteiger charge is 2.37. The quantitative estimate of drug-likeness (QED) is 0.754. The van der Waals surface area contributed by atoms with E-state index in [4.69, 9.17) is 9.82 Å². The van der Waals surface area contributed by atoms with Crippen molar-refractivity contribution in [2.75, 3.05) is 18.4 Å². The van der Waals surface area contributed by atoms with Crippen molar-refractivity contribution in [2.24, 2.45) is 0 Å². The molecule has 1 aliphatic carbocycles. The summed E-state index contributed by atoms with van der Waals surface area (Å²) in [6.07, 6.45) is 14.4. The summed E-state index contributed by atoms with van der Waals surface area (Å²) in [5.74, 6) is 0. The highest BCUT2D eigenvalue weighted by molar-refractivity contribution is 5.95. The van der Waals surface area contributed by atoms with E-state index in [-0.39, 0.29) is 5.60 Å². The average Bonchev–Trinajstić information content (AvgIpc) is 3.34. The zero-order chi connectivity index (χ0) is 19.0. The Morgan fingerprint density at radius 3 is 2.82 bits per heavy atom. The van der Waals surface area contributed by atoms with Gasteiger partial charge in [0, 0.05) is 24.3 Å². The summed E-state index contributed by atoms with van der Waals surface area (Å²) in [5, 5.41) is 12.9. The normalized spacial score (nSPS) is 22.4. The number of piperidine rings is 1. The van der Waals surface area contributed by atoms with E-state index >= 15 is 0 Å². The van der Waals surface area contributed by atoms with Crippen molar-refractivity contribution in [2.45, 2.75) is 70.1 Å². The molecule has 2 fully saturated rings. The van der Waals surface area contributed by atoms with Gasteiger partial charge in [-0.2, -0.15) is 5.10 Å². The Labute approximate surface area is 165 Å². The lowest BCUT2D eigenvalue weighted by atomic mass is 9.84. The molecule has 2 aliphatic heterocycles. The maximum Gasteiger partial charge on any atom is 0.159 e. The molecular weight excluding hydrogens is 352 g/mol. The van der Waals surface area contributed by atoms with E-state index in [2.05, 4.69) is 34.2 Å². The van der Waals surface area contributed by atoms with Crippen LogP contribution in [-0.2, 0) is 11.4 Å². The van der Waals surface area contributed by atoms with Crippen LogP contribution in [0.1, 0.15) is 57.4 Å². The first kappa shape index (κ1) is 17.9. The Balaban J connectivity index is 1.55. The Bertz CT molecular complexity index is 876. The number of aryl methyl sites for hydroxylation is 1. The van der Waals surface area contributed by atoms with Gasteiger partial charge in [0.2, 0.25) is 0 Å². The highest BCUT2D eigenvalue weighted by atomic mass is 16.7. The Morgan fingerprint density at radius 2 is 2.04 bits per heavy atom. The van der Waals surface area contributed by atoms with Crippen LogP contribution < -0.4 is 16.1 Å². The first-order valence-electron chi connectivity index (χ1n) is 10.8. The molecule has 0 amide bonds. The summed E-state index contributed by atoms with van der Waals surface area (Å²) in [4.78, 5) is 10.9. The van der Waals surface area contributed by atoms with Crippen molar-refractivity contribution in [3.63, 3.8) is 0 Å². The van der Waals surface area contributed by atoms with Crippen LogP contribution in [0, 0.1) is 0 Å². The molecule has 0 radical (unpaired) electrons. The third kappa shape index (κ3) is 3.16. The summed E-state index contributed by atoms with van der Waals surface area (Å²) in [6, 6.07) is 0.460. The standard InChI is InChI=1S/C21H30N6O/c1-2-27-20-17(14-24-27)19(25-15-6-10-22-11-7-15)16(13-23-20)18-12-21(28-26-18)8-4-3-5-9-21/h12-15,22,26H,2-11H2,1H3,(H,23,25). The van der Waals surface area contributed by atoms with Gasteiger partial charge in [-0.05, 0) is 51.8 Å². The molecule has 1 saturated carbocycles. The maximum atomic E-state index is 6.10. The molecule has 1 spiro atoms. The Hall–Kier alpha value is -2.12. The van der Waals surface area contributed by atoms with Gasteiger partial charge in [-0.15, -0.1) is 0 Å². The van der Waals surface area contributed by atoms with Gasteiger partial charge >= 0.3 is 0 Å². The average molecular weight is 383 g/mol. The number of fused-ring (bicyclic) bond motifs is 1. The van der Waals surface area contributed by atoms with Crippen molar-refractivity contribution in [3.8, 4) is 0 Å². The second-order valence-corrected chi connectivity index (χ2v) is 8.30. The van der Waals surface area contributed by atoms with E-state index in [1.54, 1.807) is 0 Å². The van der Waals surface area contributed by atoms with E-state index < -0.39 is 0 Å². The van der Waals surface area contributed by atoms with Crippen molar-refractivity contribution >= 4 is 22.4 Å². The minimum atomic E-state index is -0.151. The smallest absolute Gasteiger partial charge is 0.159 e. The summed E-state index contributed by atoms with van der Waals surface area (Å²) >= 11 is 0. The van der Waals surface area contributed by atoms with Crippen LogP contribution in [0.25, 0.3) is 16.7 Å². The van der Waals surface area contributed by atoms with Crippen LogP contribution >= 0.6 is 0 Å². The fraction of sp³-hybridized carbons (Fsp3) is 0.619. The molecule has 28 heavy (non-hydrogen) atoms. The number of rotatable bonds is 4. The molecule has 3 aliphatic rings. The van der Waals surface area contributed by atoms with Crippen LogP contribution in [0.4, 0.5) is 5.69 Å². The van der Waals surface area contributed by atoms with E-state index in [1.165, 1.54) is 19.3 Å². The molecule has 0 aromatic carbocycles. The number of anilines is 1. The number of pyridine rings is 1. The molecule has 2 aromatic rings. The topological polar surface area (TPSA) is 76.0 Å². The van der Waals surface area contributed by atoms with Crippen LogP contribution in [0.3, 0.4) is 0 Å². The fourth-order valence-corrected chi connectivity index (χ4v) is 4.80. The van der Waals surface area contributed by atoms with E-state index in [1.807, 2.05) is 17.1 Å². The zero-order valence-electron chi connectivity index (χ0n) is 16.6. The van der Waals surface area contributed by atoms with Gasteiger partial charge in [0.15, 0.2) is 5.65 Å². The molecule has 7 heteroatoms. The number of hydrogen-bond acceptors (Lipinski definition) is 6. The molecule has 150 valence electrons. The lowest BCUT2D eigenvalue weighted by Crippen LogP contribution is -2.35. The van der Waals surface area contributed by atoms with E-state index in [9.17, 15) is 0 Å². The molecule has 4 heterocycles. The number of nitrogens with one attached hydrogen (secondary N) is 3. The predicted octanol–water partition coefficient (Wildman–Crippen LogP) is 3.19. The summed E-state index contributed by atoms with van der Waals surface area (Å²) < 4.78 is 1.96. The van der Waals surface area contributed by atoms with Crippen LogP contribution in [-0.4, -0.2) is 39.5 Å². The number of aromatic nitrogens is 3. The van der Waals surface area contributed by atoms with Crippen LogP contribution in [0.5, 0.6) is 0 Å². The van der Waals surface area contributed by atoms with Crippen LogP contribution in [0.2, 0.25) is 0 Å². The monoisotopic (exact) mass is 382 g/mol. The first-order chi connectivity index (χ1) is 13.8. The molecule has 7 nitrogen and oxygen atoms in total. The van der Waals surface area contributed by atoms with Gasteiger partial charge in [0.05, 0.1) is 23.0 Å². The van der Waals surface area contributed by atoms with Gasteiger partial charge < -0.3 is 10.6 Å². The minimum Gasteiger partial charge on any atom is -0.381 e. The molecule has 0 unspecified atom stereocenters. The van der Waals surface area contributed by atoms with Crippen molar-refractivity contribution < 1.29 is 4.84 Å². The second kappa shape index (κ2) is 7.37. The van der Waals surface area contributed by atoms with Gasteiger partial charge in [-0.1, -0.05) is 19.3 Å². The number of hydrogen-bond donors (Lipinski definition) is 3. The van der Waals surface area contributed by atoms with Gasteiger partial charge in [0.1, 0.15) is 5.60 Å². The van der Waals surface area contributed by atoms with Gasteiger partial charge in [-0.3, -0.25) is 10.3 Å². The summed E-state index contributed by atoms with van der Waals surface area (Å²) in [7, 11) is 0. The van der Waals surface area contributed by atoms with Gasteiger partial charge in [-0.25, -0.2) is 9.67 Å². The molecule has 1 saturated heterocycles. The molecular formula is C21H30N6O. The largest absolute Gasteiger partial charge is 0.381 e. The SMILES string of the molecule is CCn1ncc2c(NC3CCNCC3)c(C3=CC4(CCCCC4)ON3)cnc21. The molecule has 3 N–H and O–H groups in total. The fourth-order valence-electron chi connectivity index (χ4n) is 4.80. The number of hydroxylamine groups is 1. The van der Waals surface area contributed by atoms with E-state index in [0.29, 0.717) is 6.04 Å². The van der Waals surface area contributed by atoms with E-state index in [0.717, 1.165) is 73.3 Å². The maximum absolute atomic E-state index is 6.10. The van der Waals surface area contributed by atoms with Crippen LogP contribution in [0.15, 0.2) is 18.5 Å². The third-order valence-electron chi connectivity index (χ3n) is 6.42. The molecule has 5 rings (SSSR count). The minimum absolute atomic E-state index is 0.151. The van der Waals surface area contributed by atoms with Gasteiger partial charge in [0.25, 0.3) is 0 Å². The lowest BCUT2D eigenvalue weighted by Gasteiger charge is -2.29. The molecule has 0 atom stereocenters. The van der Waals surface area contributed by atoms with Crippen molar-refractivity contribution in [1.82, 2.24) is 25.6 Å². The lowest BCUT2D eigenvalue weighted by molar-refractivity contribution is -0.0557. The summed E-state index contributed by atoms with van der Waals surface area (Å²) in [5.41, 5.74) is 7.28. The molecule has 2 aromatic heterocycles. The highest BCUT2D eigenvalue weighted by Crippen LogP contribution is 2.40.